The summed E-state index contributed by atoms with van der Waals surface area (Å²) in [6, 6.07) is 1.88. The van der Waals surface area contributed by atoms with E-state index in [1.807, 2.05) is 0 Å². The molecule has 1 fully saturated rings. The molecule has 0 aromatic heterocycles. The SMILES string of the molecule is O=C(O)c1cc(F)cc(S(=O)(=O)N2CCC(O)C(F)(F)C2)c1. The lowest BCUT2D eigenvalue weighted by molar-refractivity contribution is -0.136. The van der Waals surface area contributed by atoms with E-state index in [0.717, 1.165) is 0 Å². The highest BCUT2D eigenvalue weighted by molar-refractivity contribution is 7.89. The van der Waals surface area contributed by atoms with Crippen LogP contribution in [0, 0.1) is 5.82 Å². The molecule has 0 radical (unpaired) electrons. The number of sulfonamides is 1. The molecule has 22 heavy (non-hydrogen) atoms. The van der Waals surface area contributed by atoms with Crippen molar-refractivity contribution < 1.29 is 36.6 Å². The van der Waals surface area contributed by atoms with Gasteiger partial charge in [-0.25, -0.2) is 26.4 Å². The molecule has 1 unspecified atom stereocenters. The highest BCUT2D eigenvalue weighted by Crippen LogP contribution is 2.31. The third-order valence-corrected chi connectivity index (χ3v) is 5.11. The minimum Gasteiger partial charge on any atom is -0.478 e. The molecule has 0 bridgehead atoms. The quantitative estimate of drug-likeness (QED) is 0.854. The van der Waals surface area contributed by atoms with E-state index in [-0.39, 0.29) is 6.54 Å². The van der Waals surface area contributed by atoms with Gasteiger partial charge < -0.3 is 10.2 Å². The highest BCUT2D eigenvalue weighted by atomic mass is 32.2. The Hall–Kier alpha value is -1.65. The molecular weight excluding hydrogens is 327 g/mol. The first-order chi connectivity index (χ1) is 10.0. The van der Waals surface area contributed by atoms with Crippen LogP contribution >= 0.6 is 0 Å². The molecule has 1 heterocycles. The summed E-state index contributed by atoms with van der Waals surface area (Å²) in [5, 5.41) is 17.9. The molecule has 122 valence electrons. The van der Waals surface area contributed by atoms with E-state index in [1.165, 1.54) is 0 Å². The molecule has 6 nitrogen and oxygen atoms in total. The number of aromatic carboxylic acids is 1. The summed E-state index contributed by atoms with van der Waals surface area (Å²) in [5.74, 6) is -6.29. The summed E-state index contributed by atoms with van der Waals surface area (Å²) in [6.45, 7) is -1.63. The lowest BCUT2D eigenvalue weighted by Gasteiger charge is -2.35. The molecule has 0 aliphatic carbocycles. The number of hydrogen-bond acceptors (Lipinski definition) is 4. The van der Waals surface area contributed by atoms with Gasteiger partial charge in [-0.1, -0.05) is 0 Å². The zero-order valence-corrected chi connectivity index (χ0v) is 11.9. The molecule has 1 aliphatic rings. The van der Waals surface area contributed by atoms with Gasteiger partial charge in [0.1, 0.15) is 11.9 Å². The van der Waals surface area contributed by atoms with Gasteiger partial charge in [-0.3, -0.25) is 0 Å². The molecule has 1 atom stereocenters. The van der Waals surface area contributed by atoms with Crippen molar-refractivity contribution in [3.05, 3.63) is 29.6 Å². The Morgan fingerprint density at radius 2 is 1.95 bits per heavy atom. The van der Waals surface area contributed by atoms with Crippen molar-refractivity contribution in [2.75, 3.05) is 13.1 Å². The number of halogens is 3. The molecular formula is C12H12F3NO5S. The molecule has 1 aromatic carbocycles. The van der Waals surface area contributed by atoms with Gasteiger partial charge in [-0.05, 0) is 24.6 Å². The average Bonchev–Trinajstić information content (AvgIpc) is 2.40. The number of carboxylic acid groups (broad SMARTS) is 1. The van der Waals surface area contributed by atoms with Crippen molar-refractivity contribution in [2.24, 2.45) is 0 Å². The number of hydrogen-bond donors (Lipinski definition) is 2. The maximum atomic E-state index is 13.5. The van der Waals surface area contributed by atoms with Crippen LogP contribution in [0.4, 0.5) is 13.2 Å². The topological polar surface area (TPSA) is 94.9 Å². The fraction of sp³-hybridized carbons (Fsp3) is 0.417. The van der Waals surface area contributed by atoms with Crippen LogP contribution in [0.1, 0.15) is 16.8 Å². The lowest BCUT2D eigenvalue weighted by Crippen LogP contribution is -2.53. The van der Waals surface area contributed by atoms with Crippen LogP contribution in [0.25, 0.3) is 0 Å². The minimum absolute atomic E-state index is 0.377. The number of benzene rings is 1. The Labute approximate surface area is 123 Å². The van der Waals surface area contributed by atoms with Crippen molar-refractivity contribution >= 4 is 16.0 Å². The number of carbonyl (C=O) groups is 1. The second-order valence-corrected chi connectivity index (χ2v) is 6.82. The van der Waals surface area contributed by atoms with Crippen LogP contribution in [0.3, 0.4) is 0 Å². The molecule has 2 N–H and O–H groups in total. The third kappa shape index (κ3) is 3.08. The molecule has 1 saturated heterocycles. The molecule has 0 saturated carbocycles. The van der Waals surface area contributed by atoms with Crippen molar-refractivity contribution in [2.45, 2.75) is 23.3 Å². The van der Waals surface area contributed by atoms with E-state index in [9.17, 15) is 26.4 Å². The predicted octanol–water partition coefficient (Wildman–Crippen LogP) is 0.915. The Morgan fingerprint density at radius 3 is 2.50 bits per heavy atom. The van der Waals surface area contributed by atoms with Crippen LogP contribution in [-0.4, -0.2) is 54.0 Å². The fourth-order valence-electron chi connectivity index (χ4n) is 2.09. The first-order valence-electron chi connectivity index (χ1n) is 6.14. The van der Waals surface area contributed by atoms with Crippen LogP contribution in [-0.2, 0) is 10.0 Å². The van der Waals surface area contributed by atoms with Crippen LogP contribution in [0.5, 0.6) is 0 Å². The van der Waals surface area contributed by atoms with Gasteiger partial charge >= 0.3 is 5.97 Å². The normalized spacial score (nSPS) is 22.5. The van der Waals surface area contributed by atoms with Gasteiger partial charge in [-0.2, -0.15) is 4.31 Å². The number of aliphatic hydroxyl groups is 1. The van der Waals surface area contributed by atoms with Gasteiger partial charge in [0.15, 0.2) is 0 Å². The van der Waals surface area contributed by atoms with Crippen LogP contribution in [0.15, 0.2) is 23.1 Å². The van der Waals surface area contributed by atoms with E-state index in [2.05, 4.69) is 0 Å². The molecule has 0 amide bonds. The Morgan fingerprint density at radius 1 is 1.32 bits per heavy atom. The van der Waals surface area contributed by atoms with Crippen molar-refractivity contribution in [1.29, 1.82) is 0 Å². The van der Waals surface area contributed by atoms with Crippen molar-refractivity contribution in [3.8, 4) is 0 Å². The third-order valence-electron chi connectivity index (χ3n) is 3.28. The number of aliphatic hydroxyl groups excluding tert-OH is 1. The Kier molecular flexibility index (Phi) is 4.20. The zero-order valence-electron chi connectivity index (χ0n) is 11.0. The smallest absolute Gasteiger partial charge is 0.335 e. The van der Waals surface area contributed by atoms with Gasteiger partial charge in [-0.15, -0.1) is 0 Å². The van der Waals surface area contributed by atoms with Crippen LogP contribution in [0.2, 0.25) is 0 Å². The molecule has 0 spiro atoms. The summed E-state index contributed by atoms with van der Waals surface area (Å²) in [4.78, 5) is 10.1. The minimum atomic E-state index is -4.50. The summed E-state index contributed by atoms with van der Waals surface area (Å²) in [6.07, 6.45) is -2.44. The van der Waals surface area contributed by atoms with E-state index in [0.29, 0.717) is 22.5 Å². The fourth-order valence-corrected chi connectivity index (χ4v) is 3.61. The summed E-state index contributed by atoms with van der Waals surface area (Å²) in [5.41, 5.74) is -0.609. The molecule has 2 rings (SSSR count). The number of alkyl halides is 2. The second kappa shape index (κ2) is 5.52. The Balaban J connectivity index is 2.41. The second-order valence-electron chi connectivity index (χ2n) is 4.88. The number of nitrogens with zero attached hydrogens (tertiary/aromatic N) is 1. The van der Waals surface area contributed by atoms with Crippen molar-refractivity contribution in [1.82, 2.24) is 4.31 Å². The van der Waals surface area contributed by atoms with E-state index < -0.39 is 57.3 Å². The molecule has 1 aromatic rings. The summed E-state index contributed by atoms with van der Waals surface area (Å²) < 4.78 is 65.2. The van der Waals surface area contributed by atoms with E-state index >= 15 is 0 Å². The van der Waals surface area contributed by atoms with Gasteiger partial charge in [0.05, 0.1) is 17.0 Å². The standard InChI is InChI=1S/C12H12F3NO5S/c13-8-3-7(11(18)19)4-9(5-8)22(20,21)16-2-1-10(17)12(14,15)6-16/h3-5,10,17H,1-2,6H2,(H,18,19). The van der Waals surface area contributed by atoms with Gasteiger partial charge in [0, 0.05) is 6.54 Å². The molecule has 1 aliphatic heterocycles. The maximum absolute atomic E-state index is 13.5. The Bertz CT molecular complexity index is 707. The van der Waals surface area contributed by atoms with Gasteiger partial charge in [0.25, 0.3) is 5.92 Å². The summed E-state index contributed by atoms with van der Waals surface area (Å²) >= 11 is 0. The number of piperidine rings is 1. The van der Waals surface area contributed by atoms with E-state index in [4.69, 9.17) is 10.2 Å². The predicted molar refractivity (Wildman–Crippen MR) is 67.7 cm³/mol. The first-order valence-corrected chi connectivity index (χ1v) is 7.58. The van der Waals surface area contributed by atoms with Crippen LogP contribution < -0.4 is 0 Å². The highest BCUT2D eigenvalue weighted by Gasteiger charge is 2.47. The monoisotopic (exact) mass is 339 g/mol. The average molecular weight is 339 g/mol. The van der Waals surface area contributed by atoms with Gasteiger partial charge in [0.2, 0.25) is 10.0 Å². The maximum Gasteiger partial charge on any atom is 0.335 e. The number of rotatable bonds is 3. The zero-order chi connectivity index (χ0) is 16.7. The molecule has 10 heteroatoms. The summed E-state index contributed by atoms with van der Waals surface area (Å²) in [7, 11) is -4.50. The number of carboxylic acids is 1. The first kappa shape index (κ1) is 16.7. The van der Waals surface area contributed by atoms with E-state index in [1.54, 1.807) is 0 Å². The largest absolute Gasteiger partial charge is 0.478 e. The lowest BCUT2D eigenvalue weighted by atomic mass is 10.1. The van der Waals surface area contributed by atoms with Crippen molar-refractivity contribution in [3.63, 3.8) is 0 Å².